The van der Waals surface area contributed by atoms with Crippen molar-refractivity contribution in [1.29, 1.82) is 0 Å². The largest absolute Gasteiger partial charge is 0.364 e. The molecule has 4 rings (SSSR count). The van der Waals surface area contributed by atoms with Gasteiger partial charge >= 0.3 is 0 Å². The summed E-state index contributed by atoms with van der Waals surface area (Å²) in [6.07, 6.45) is 4.21. The van der Waals surface area contributed by atoms with Crippen LogP contribution in [0.1, 0.15) is 30.4 Å². The second-order valence-electron chi connectivity index (χ2n) is 5.93. The minimum atomic E-state index is -0.114. The number of nitrogens with zero attached hydrogens (tertiary/aromatic N) is 2. The van der Waals surface area contributed by atoms with E-state index in [0.29, 0.717) is 34.3 Å². The summed E-state index contributed by atoms with van der Waals surface area (Å²) in [5.41, 5.74) is 1.75. The molecule has 1 aliphatic heterocycles. The van der Waals surface area contributed by atoms with E-state index in [1.807, 2.05) is 12.3 Å². The fourth-order valence-electron chi connectivity index (χ4n) is 3.35. The minimum absolute atomic E-state index is 0.114. The molecule has 0 spiro atoms. The molecule has 0 saturated carbocycles. The fraction of sp³-hybridized carbons (Fsp3) is 0.294. The van der Waals surface area contributed by atoms with Crippen LogP contribution in [0.15, 0.2) is 41.3 Å². The first-order chi connectivity index (χ1) is 11.2. The number of fused-ring (bicyclic) bond motifs is 1. The topological polar surface area (TPSA) is 64.8 Å². The Bertz CT molecular complexity index is 887. The summed E-state index contributed by atoms with van der Waals surface area (Å²) in [7, 11) is 0. The van der Waals surface area contributed by atoms with Crippen LogP contribution in [-0.4, -0.2) is 26.4 Å². The molecular weight excluding hydrogens is 312 g/mol. The van der Waals surface area contributed by atoms with Gasteiger partial charge in [-0.1, -0.05) is 11.6 Å². The lowest BCUT2D eigenvalue weighted by Gasteiger charge is -2.23. The van der Waals surface area contributed by atoms with Crippen LogP contribution in [0.2, 0.25) is 5.02 Å². The first-order valence-electron chi connectivity index (χ1n) is 7.76. The van der Waals surface area contributed by atoms with E-state index in [-0.39, 0.29) is 5.56 Å². The highest BCUT2D eigenvalue weighted by molar-refractivity contribution is 6.31. The molecule has 3 heterocycles. The third kappa shape index (κ3) is 2.78. The van der Waals surface area contributed by atoms with Gasteiger partial charge in [-0.2, -0.15) is 0 Å². The molecule has 118 valence electrons. The highest BCUT2D eigenvalue weighted by atomic mass is 35.5. The average Bonchev–Trinajstić information content (AvgIpc) is 3.17. The third-order valence-corrected chi connectivity index (χ3v) is 4.65. The summed E-state index contributed by atoms with van der Waals surface area (Å²) < 4.78 is 0. The van der Waals surface area contributed by atoms with Crippen LogP contribution >= 0.6 is 11.6 Å². The lowest BCUT2D eigenvalue weighted by molar-refractivity contribution is 0.239. The van der Waals surface area contributed by atoms with Crippen molar-refractivity contribution in [3.63, 3.8) is 0 Å². The van der Waals surface area contributed by atoms with Crippen LogP contribution in [0.3, 0.4) is 0 Å². The lowest BCUT2D eigenvalue weighted by atomic mass is 10.1. The van der Waals surface area contributed by atoms with Gasteiger partial charge in [0.2, 0.25) is 0 Å². The highest BCUT2D eigenvalue weighted by Gasteiger charge is 2.27. The molecule has 0 radical (unpaired) electrons. The Morgan fingerprint density at radius 3 is 3.09 bits per heavy atom. The van der Waals surface area contributed by atoms with E-state index in [4.69, 9.17) is 11.6 Å². The second kappa shape index (κ2) is 5.83. The number of hydrogen-bond acceptors (Lipinski definition) is 3. The summed E-state index contributed by atoms with van der Waals surface area (Å²) in [5, 5.41) is 1.16. The van der Waals surface area contributed by atoms with Crippen molar-refractivity contribution in [2.75, 3.05) is 6.54 Å². The molecule has 6 heteroatoms. The fourth-order valence-corrected chi connectivity index (χ4v) is 3.51. The van der Waals surface area contributed by atoms with Gasteiger partial charge in [-0.3, -0.25) is 9.69 Å². The Labute approximate surface area is 138 Å². The molecule has 1 aliphatic rings. The van der Waals surface area contributed by atoms with E-state index >= 15 is 0 Å². The molecule has 2 N–H and O–H groups in total. The molecule has 0 amide bonds. The van der Waals surface area contributed by atoms with Crippen LogP contribution < -0.4 is 5.56 Å². The molecule has 23 heavy (non-hydrogen) atoms. The quantitative estimate of drug-likeness (QED) is 0.775. The van der Waals surface area contributed by atoms with Gasteiger partial charge in [-0.25, -0.2) is 4.98 Å². The molecule has 3 aromatic rings. The van der Waals surface area contributed by atoms with Crippen molar-refractivity contribution in [3.8, 4) is 0 Å². The van der Waals surface area contributed by atoms with Gasteiger partial charge in [0.1, 0.15) is 5.82 Å². The number of benzene rings is 1. The molecular formula is C17H17ClN4O. The van der Waals surface area contributed by atoms with Crippen molar-refractivity contribution >= 4 is 22.5 Å². The molecule has 0 bridgehead atoms. The molecule has 5 nitrogen and oxygen atoms in total. The van der Waals surface area contributed by atoms with Crippen LogP contribution in [0.5, 0.6) is 0 Å². The predicted octanol–water partition coefficient (Wildman–Crippen LogP) is 3.24. The van der Waals surface area contributed by atoms with Crippen molar-refractivity contribution in [2.45, 2.75) is 25.4 Å². The van der Waals surface area contributed by atoms with Crippen molar-refractivity contribution < 1.29 is 0 Å². The van der Waals surface area contributed by atoms with Gasteiger partial charge in [0, 0.05) is 16.9 Å². The lowest BCUT2D eigenvalue weighted by Crippen LogP contribution is -2.25. The number of likely N-dealkylation sites (tertiary alicyclic amines) is 1. The van der Waals surface area contributed by atoms with E-state index in [1.54, 1.807) is 18.2 Å². The van der Waals surface area contributed by atoms with Crippen molar-refractivity contribution in [1.82, 2.24) is 19.9 Å². The van der Waals surface area contributed by atoms with E-state index in [1.165, 1.54) is 5.69 Å². The Balaban J connectivity index is 1.66. The second-order valence-corrected chi connectivity index (χ2v) is 6.36. The number of H-pyrrole nitrogens is 2. The first kappa shape index (κ1) is 14.5. The summed E-state index contributed by atoms with van der Waals surface area (Å²) in [4.78, 5) is 25.4. The zero-order chi connectivity index (χ0) is 15.8. The Morgan fingerprint density at radius 2 is 2.26 bits per heavy atom. The standard InChI is InChI=1S/C17H17ClN4O/c18-11-5-6-12-14(9-11)20-16(21-17(12)23)10-22-8-2-4-15(22)13-3-1-7-19-13/h1,3,5-7,9,15,19H,2,4,8,10H2,(H,20,21,23)/t15-/m0/s1. The van der Waals surface area contributed by atoms with Crippen LogP contribution in [0.4, 0.5) is 0 Å². The summed E-state index contributed by atoms with van der Waals surface area (Å²) in [6.45, 7) is 1.63. The smallest absolute Gasteiger partial charge is 0.258 e. The van der Waals surface area contributed by atoms with Crippen LogP contribution in [0, 0.1) is 0 Å². The van der Waals surface area contributed by atoms with Crippen molar-refractivity contribution in [3.05, 3.63) is 63.4 Å². The predicted molar refractivity (Wildman–Crippen MR) is 90.6 cm³/mol. The molecule has 1 atom stereocenters. The number of nitrogens with one attached hydrogen (secondary N) is 2. The molecule has 1 aromatic carbocycles. The van der Waals surface area contributed by atoms with Crippen molar-refractivity contribution in [2.24, 2.45) is 0 Å². The Morgan fingerprint density at radius 1 is 1.35 bits per heavy atom. The number of aromatic nitrogens is 3. The maximum atomic E-state index is 12.2. The van der Waals surface area contributed by atoms with Gasteiger partial charge < -0.3 is 9.97 Å². The maximum Gasteiger partial charge on any atom is 0.258 e. The van der Waals surface area contributed by atoms with E-state index < -0.39 is 0 Å². The van der Waals surface area contributed by atoms with Gasteiger partial charge in [0.15, 0.2) is 0 Å². The van der Waals surface area contributed by atoms with Crippen LogP contribution in [-0.2, 0) is 6.54 Å². The normalized spacial score (nSPS) is 18.7. The highest BCUT2D eigenvalue weighted by Crippen LogP contribution is 2.31. The maximum absolute atomic E-state index is 12.2. The molecule has 0 aliphatic carbocycles. The third-order valence-electron chi connectivity index (χ3n) is 4.42. The number of rotatable bonds is 3. The van der Waals surface area contributed by atoms with Crippen LogP contribution in [0.25, 0.3) is 10.9 Å². The van der Waals surface area contributed by atoms with E-state index in [0.717, 1.165) is 19.4 Å². The summed E-state index contributed by atoms with van der Waals surface area (Å²) >= 11 is 6.02. The Kier molecular flexibility index (Phi) is 3.67. The zero-order valence-corrected chi connectivity index (χ0v) is 13.3. The molecule has 1 saturated heterocycles. The zero-order valence-electron chi connectivity index (χ0n) is 12.6. The van der Waals surface area contributed by atoms with Gasteiger partial charge in [0.25, 0.3) is 5.56 Å². The van der Waals surface area contributed by atoms with E-state index in [9.17, 15) is 4.79 Å². The van der Waals surface area contributed by atoms with Gasteiger partial charge in [-0.15, -0.1) is 0 Å². The minimum Gasteiger partial charge on any atom is -0.364 e. The first-order valence-corrected chi connectivity index (χ1v) is 8.14. The SMILES string of the molecule is O=c1[nH]c(CN2CCC[C@H]2c2ccc[nH]2)nc2cc(Cl)ccc12. The Hall–Kier alpha value is -2.11. The number of aromatic amines is 2. The summed E-state index contributed by atoms with van der Waals surface area (Å²) in [6, 6.07) is 9.64. The molecule has 1 fully saturated rings. The van der Waals surface area contributed by atoms with Gasteiger partial charge in [-0.05, 0) is 49.7 Å². The monoisotopic (exact) mass is 328 g/mol. The molecule has 2 aromatic heterocycles. The summed E-state index contributed by atoms with van der Waals surface area (Å²) in [5.74, 6) is 0.684. The average molecular weight is 329 g/mol. The molecule has 0 unspecified atom stereocenters. The van der Waals surface area contributed by atoms with Gasteiger partial charge in [0.05, 0.1) is 23.5 Å². The number of hydrogen-bond donors (Lipinski definition) is 2. The number of halogens is 1. The van der Waals surface area contributed by atoms with E-state index in [2.05, 4.69) is 25.9 Å².